The molecule has 0 bridgehead atoms. The van der Waals surface area contributed by atoms with Crippen molar-refractivity contribution in [2.45, 2.75) is 58.7 Å². The molecule has 18 heteroatoms. The summed E-state index contributed by atoms with van der Waals surface area (Å²) in [6.45, 7) is 10.0. The summed E-state index contributed by atoms with van der Waals surface area (Å²) in [6, 6.07) is 38.6. The average Bonchev–Trinajstić information content (AvgIpc) is 4.22. The number of pyridine rings is 2. The molecule has 0 atom stereocenters. The number of nitrogens with one attached hydrogen (secondary N) is 1. The molecular weight excluding hydrogens is 1050 g/mol. The molecule has 0 aliphatic carbocycles. The molecule has 8 aromatic rings. The van der Waals surface area contributed by atoms with Crippen LogP contribution >= 0.6 is 0 Å². The summed E-state index contributed by atoms with van der Waals surface area (Å²) in [5.41, 5.74) is 5.61. The number of halogens is 2. The predicted molar refractivity (Wildman–Crippen MR) is 303 cm³/mol. The zero-order chi connectivity index (χ0) is 57.2. The van der Waals surface area contributed by atoms with Gasteiger partial charge in [-0.25, -0.2) is 13.6 Å². The van der Waals surface area contributed by atoms with E-state index in [1.807, 2.05) is 87.5 Å². The van der Waals surface area contributed by atoms with Gasteiger partial charge in [-0.05, 0) is 79.4 Å². The number of phenols is 1. The lowest BCUT2D eigenvalue weighted by Gasteiger charge is -2.36. The van der Waals surface area contributed by atoms with Crippen LogP contribution in [0.4, 0.5) is 13.6 Å². The first-order chi connectivity index (χ1) is 39.6. The highest BCUT2D eigenvalue weighted by atomic mass is 19.1. The number of aromatic nitrogens is 2. The maximum absolute atomic E-state index is 14.6. The molecule has 12 rings (SSSR count). The maximum atomic E-state index is 14.6. The molecule has 82 heavy (non-hydrogen) atoms. The van der Waals surface area contributed by atoms with E-state index >= 15 is 0 Å². The van der Waals surface area contributed by atoms with E-state index in [1.165, 1.54) is 30.5 Å². The smallest absolute Gasteiger partial charge is 0.410 e. The van der Waals surface area contributed by atoms with Gasteiger partial charge in [0, 0.05) is 113 Å². The maximum Gasteiger partial charge on any atom is 0.410 e. The zero-order valence-corrected chi connectivity index (χ0v) is 45.6. The Bertz CT molecular complexity index is 3700. The van der Waals surface area contributed by atoms with Gasteiger partial charge in [-0.15, -0.1) is 0 Å². The largest absolute Gasteiger partial charge is 0.505 e. The number of phenolic OH excluding ortho intramolecular Hbond substituents is 1. The molecule has 16 nitrogen and oxygen atoms in total. The van der Waals surface area contributed by atoms with Gasteiger partial charge in [0.1, 0.15) is 34.4 Å². The Kier molecular flexibility index (Phi) is 15.4. The number of ether oxygens (including phenoxy) is 2. The van der Waals surface area contributed by atoms with Gasteiger partial charge in [-0.3, -0.25) is 29.1 Å². The molecule has 5 amide bonds. The van der Waals surface area contributed by atoms with Crippen molar-refractivity contribution < 1.29 is 47.3 Å². The standard InChI is InChI=1S/C41H39FN4O5.C23H21FN4O3/c1-41(2,3)51-40(49)45-23-21-44(22-24-45)38(47)33-31-15-10-20-43-35(31)37(50-36(28-11-6-4-7-12-28)29-13-8-5-9-14-29)34-32(33)26-46(39(34)48)25-27-16-18-30(42)19-17-27;24-15-5-3-14(4-6-15)12-28-13-17-18(22(30)27-10-8-25-9-11-27)16-2-1-7-26-20(16)21(29)19(17)23(28)31/h4-20,36H,21-26H2,1-3H3;1-7,25,29H,8-13H2. The van der Waals surface area contributed by atoms with E-state index in [4.69, 9.17) is 14.5 Å². The second-order valence-corrected chi connectivity index (χ2v) is 21.6. The fourth-order valence-corrected chi connectivity index (χ4v) is 11.1. The zero-order valence-electron chi connectivity index (χ0n) is 45.6. The normalized spacial score (nSPS) is 15.2. The Morgan fingerprint density at radius 2 is 1.04 bits per heavy atom. The second-order valence-electron chi connectivity index (χ2n) is 21.6. The van der Waals surface area contributed by atoms with Gasteiger partial charge in [-0.1, -0.05) is 97.1 Å². The van der Waals surface area contributed by atoms with E-state index in [1.54, 1.807) is 73.2 Å². The first-order valence-corrected chi connectivity index (χ1v) is 27.3. The second kappa shape index (κ2) is 23.1. The van der Waals surface area contributed by atoms with Crippen molar-refractivity contribution in [3.63, 3.8) is 0 Å². The van der Waals surface area contributed by atoms with Crippen LogP contribution < -0.4 is 10.1 Å². The Labute approximate surface area is 472 Å². The highest BCUT2D eigenvalue weighted by Gasteiger charge is 2.41. The van der Waals surface area contributed by atoms with Crippen molar-refractivity contribution in [2.75, 3.05) is 52.4 Å². The number of piperazine rings is 2. The minimum Gasteiger partial charge on any atom is -0.505 e. The first kappa shape index (κ1) is 54.7. The molecule has 0 radical (unpaired) electrons. The molecule has 2 fully saturated rings. The lowest BCUT2D eigenvalue weighted by atomic mass is 9.94. The van der Waals surface area contributed by atoms with Crippen LogP contribution in [-0.4, -0.2) is 127 Å². The summed E-state index contributed by atoms with van der Waals surface area (Å²) in [4.78, 5) is 85.9. The summed E-state index contributed by atoms with van der Waals surface area (Å²) >= 11 is 0. The molecular formula is C64H60F2N8O8. The fourth-order valence-electron chi connectivity index (χ4n) is 11.1. The molecule has 0 spiro atoms. The summed E-state index contributed by atoms with van der Waals surface area (Å²) in [5, 5.41) is 15.2. The highest BCUT2D eigenvalue weighted by Crippen LogP contribution is 2.45. The number of aromatic hydroxyl groups is 1. The molecule has 4 aliphatic heterocycles. The first-order valence-electron chi connectivity index (χ1n) is 27.3. The molecule has 4 aliphatic rings. The topological polar surface area (TPSA) is 178 Å². The number of fused-ring (bicyclic) bond motifs is 4. The lowest BCUT2D eigenvalue weighted by molar-refractivity contribution is 0.0140. The van der Waals surface area contributed by atoms with Gasteiger partial charge in [-0.2, -0.15) is 0 Å². The van der Waals surface area contributed by atoms with Crippen molar-refractivity contribution in [1.29, 1.82) is 0 Å². The summed E-state index contributed by atoms with van der Waals surface area (Å²) < 4.78 is 39.6. The molecule has 418 valence electrons. The van der Waals surface area contributed by atoms with Crippen LogP contribution in [0.15, 0.2) is 146 Å². The van der Waals surface area contributed by atoms with E-state index in [-0.39, 0.29) is 83.8 Å². The summed E-state index contributed by atoms with van der Waals surface area (Å²) in [6.07, 6.45) is 2.16. The van der Waals surface area contributed by atoms with E-state index in [0.717, 1.165) is 22.3 Å². The van der Waals surface area contributed by atoms with Crippen LogP contribution in [0.5, 0.6) is 11.5 Å². The van der Waals surface area contributed by atoms with Crippen LogP contribution in [0.1, 0.15) is 102 Å². The third-order valence-electron chi connectivity index (χ3n) is 15.0. The van der Waals surface area contributed by atoms with E-state index < -0.39 is 17.8 Å². The van der Waals surface area contributed by atoms with Gasteiger partial charge in [0.2, 0.25) is 0 Å². The number of benzene rings is 6. The van der Waals surface area contributed by atoms with Crippen LogP contribution in [-0.2, 0) is 30.9 Å². The molecule has 2 N–H and O–H groups in total. The van der Waals surface area contributed by atoms with Gasteiger partial charge < -0.3 is 44.4 Å². The van der Waals surface area contributed by atoms with Gasteiger partial charge >= 0.3 is 6.09 Å². The Hall–Kier alpha value is -9.29. The van der Waals surface area contributed by atoms with Crippen LogP contribution in [0.2, 0.25) is 0 Å². The summed E-state index contributed by atoms with van der Waals surface area (Å²) in [7, 11) is 0. The average molecular weight is 1110 g/mol. The van der Waals surface area contributed by atoms with Crippen LogP contribution in [0, 0.1) is 11.6 Å². The van der Waals surface area contributed by atoms with E-state index in [9.17, 15) is 37.9 Å². The number of hydrogen-bond donors (Lipinski definition) is 2. The van der Waals surface area contributed by atoms with Crippen molar-refractivity contribution >= 4 is 51.5 Å². The number of carbonyl (C=O) groups excluding carboxylic acids is 5. The molecule has 0 unspecified atom stereocenters. The number of amides is 5. The van der Waals surface area contributed by atoms with E-state index in [2.05, 4.69) is 10.3 Å². The third kappa shape index (κ3) is 11.1. The predicted octanol–water partition coefficient (Wildman–Crippen LogP) is 9.67. The molecule has 0 saturated carbocycles. The monoisotopic (exact) mass is 1110 g/mol. The number of carbonyl (C=O) groups is 5. The van der Waals surface area contributed by atoms with Crippen molar-refractivity contribution in [3.05, 3.63) is 213 Å². The van der Waals surface area contributed by atoms with Gasteiger partial charge in [0.25, 0.3) is 23.6 Å². The third-order valence-corrected chi connectivity index (χ3v) is 15.0. The molecule has 6 aromatic carbocycles. The Morgan fingerprint density at radius 1 is 0.585 bits per heavy atom. The lowest BCUT2D eigenvalue weighted by Crippen LogP contribution is -2.51. The van der Waals surface area contributed by atoms with E-state index in [0.29, 0.717) is 96.7 Å². The van der Waals surface area contributed by atoms with Crippen LogP contribution in [0.25, 0.3) is 21.8 Å². The fraction of sp³-hybridized carbons (Fsp3) is 0.266. The van der Waals surface area contributed by atoms with Crippen molar-refractivity contribution in [1.82, 2.24) is 39.8 Å². The Morgan fingerprint density at radius 3 is 1.55 bits per heavy atom. The van der Waals surface area contributed by atoms with Gasteiger partial charge in [0.05, 0.1) is 22.3 Å². The molecule has 2 aromatic heterocycles. The van der Waals surface area contributed by atoms with Gasteiger partial charge in [0.15, 0.2) is 11.5 Å². The van der Waals surface area contributed by atoms with Crippen molar-refractivity contribution in [2.24, 2.45) is 0 Å². The minimum absolute atomic E-state index is 0.131. The molecule has 2 saturated heterocycles. The number of rotatable bonds is 10. The quantitative estimate of drug-likeness (QED) is 0.133. The summed E-state index contributed by atoms with van der Waals surface area (Å²) in [5.74, 6) is -1.69. The highest BCUT2D eigenvalue weighted by molar-refractivity contribution is 6.17. The number of nitrogens with zero attached hydrogens (tertiary/aromatic N) is 7. The molecule has 6 heterocycles. The van der Waals surface area contributed by atoms with Crippen molar-refractivity contribution in [3.8, 4) is 11.5 Å². The SMILES string of the molecule is CC(C)(C)OC(=O)N1CCN(C(=O)c2c3c(c(OC(c4ccccc4)c4ccccc4)c4ncccc24)C(=O)N(Cc2ccc(F)cc2)C3)CC1.O=C1c2c(c(C(=O)N3CCNCC3)c3cccnc3c2O)CN1Cc1ccc(F)cc1. The van der Waals surface area contributed by atoms with Crippen LogP contribution in [0.3, 0.4) is 0 Å². The Balaban J connectivity index is 0.000000194. The number of hydrogen-bond acceptors (Lipinski definition) is 11. The minimum atomic E-state index is -0.632.